The van der Waals surface area contributed by atoms with Crippen molar-refractivity contribution >= 4 is 34.2 Å². The highest BCUT2D eigenvalue weighted by Gasteiger charge is 2.34. The molecule has 11 heteroatoms. The molecule has 1 N–H and O–H groups in total. The SMILES string of the molecule is O=C(NC[C@H]1CCCO1)[C@H](c1ccc(N2CCOCC2)cc1)N(C(=O)Cn1nnc2ccccc21)c1cccc(F)c1. The van der Waals surface area contributed by atoms with Gasteiger partial charge in [-0.15, -0.1) is 5.10 Å². The molecule has 0 radical (unpaired) electrons. The second-order valence-corrected chi connectivity index (χ2v) is 10.5. The van der Waals surface area contributed by atoms with Gasteiger partial charge in [0.05, 0.1) is 24.8 Å². The van der Waals surface area contributed by atoms with E-state index in [1.54, 1.807) is 6.07 Å². The Hall–Kier alpha value is -4.35. The summed E-state index contributed by atoms with van der Waals surface area (Å²) in [6.07, 6.45) is 1.70. The predicted octanol–water partition coefficient (Wildman–Crippen LogP) is 3.48. The number of fused-ring (bicyclic) bond motifs is 1. The summed E-state index contributed by atoms with van der Waals surface area (Å²) < 4.78 is 27.2. The Morgan fingerprint density at radius 3 is 2.60 bits per heavy atom. The molecular formula is C31H33FN6O4. The number of hydrogen-bond donors (Lipinski definition) is 1. The highest BCUT2D eigenvalue weighted by Crippen LogP contribution is 2.31. The number of hydrogen-bond acceptors (Lipinski definition) is 7. The first-order valence-corrected chi connectivity index (χ1v) is 14.2. The average molecular weight is 573 g/mol. The number of carbonyl (C=O) groups is 2. The quantitative estimate of drug-likeness (QED) is 0.328. The molecule has 0 aliphatic carbocycles. The van der Waals surface area contributed by atoms with Crippen LogP contribution in [-0.4, -0.2) is 72.4 Å². The van der Waals surface area contributed by atoms with Crippen molar-refractivity contribution in [3.05, 3.63) is 84.2 Å². The molecule has 2 atom stereocenters. The summed E-state index contributed by atoms with van der Waals surface area (Å²) in [5, 5.41) is 11.3. The number of morpholine rings is 1. The number of aromatic nitrogens is 3. The first-order chi connectivity index (χ1) is 20.6. The number of carbonyl (C=O) groups excluding carboxylic acids is 2. The fourth-order valence-electron chi connectivity index (χ4n) is 5.52. The van der Waals surface area contributed by atoms with E-state index in [9.17, 15) is 14.0 Å². The van der Waals surface area contributed by atoms with Gasteiger partial charge >= 0.3 is 0 Å². The van der Waals surface area contributed by atoms with Gasteiger partial charge in [0.2, 0.25) is 11.8 Å². The third kappa shape index (κ3) is 6.12. The smallest absolute Gasteiger partial charge is 0.249 e. The molecule has 10 nitrogen and oxygen atoms in total. The number of benzene rings is 3. The van der Waals surface area contributed by atoms with Crippen molar-refractivity contribution in [1.82, 2.24) is 20.3 Å². The Morgan fingerprint density at radius 2 is 1.83 bits per heavy atom. The minimum Gasteiger partial charge on any atom is -0.378 e. The van der Waals surface area contributed by atoms with Crippen LogP contribution in [0.3, 0.4) is 0 Å². The zero-order chi connectivity index (χ0) is 28.9. The number of nitrogens with one attached hydrogen (secondary N) is 1. The topological polar surface area (TPSA) is 102 Å². The van der Waals surface area contributed by atoms with E-state index in [4.69, 9.17) is 9.47 Å². The molecule has 218 valence electrons. The average Bonchev–Trinajstić information content (AvgIpc) is 3.69. The molecule has 4 aromatic rings. The van der Waals surface area contributed by atoms with E-state index < -0.39 is 17.8 Å². The predicted molar refractivity (Wildman–Crippen MR) is 156 cm³/mol. The van der Waals surface area contributed by atoms with Gasteiger partial charge in [-0.3, -0.25) is 14.5 Å². The Kier molecular flexibility index (Phi) is 8.38. The number of halogens is 1. The molecule has 2 amide bonds. The standard InChI is InChI=1S/C31H33FN6O4/c32-23-5-3-6-25(19-23)38(29(39)21-37-28-9-2-1-8-27(28)34-35-37)30(31(40)33-20-26-7-4-16-42-26)22-10-12-24(13-11-22)36-14-17-41-18-15-36/h1-3,5-6,8-13,19,26,30H,4,7,14-18,20-21H2,(H,33,40)/t26-,30+/m1/s1. The molecule has 2 aliphatic heterocycles. The third-order valence-electron chi connectivity index (χ3n) is 7.68. The highest BCUT2D eigenvalue weighted by atomic mass is 19.1. The number of ether oxygens (including phenoxy) is 2. The van der Waals surface area contributed by atoms with Crippen molar-refractivity contribution in [2.75, 3.05) is 49.3 Å². The van der Waals surface area contributed by atoms with Crippen LogP contribution in [0.2, 0.25) is 0 Å². The van der Waals surface area contributed by atoms with Crippen LogP contribution in [-0.2, 0) is 25.6 Å². The summed E-state index contributed by atoms with van der Waals surface area (Å²) in [5.41, 5.74) is 3.18. The van der Waals surface area contributed by atoms with Crippen LogP contribution < -0.4 is 15.1 Å². The normalized spacial score (nSPS) is 17.7. The molecule has 2 fully saturated rings. The largest absolute Gasteiger partial charge is 0.378 e. The number of rotatable bonds is 9. The molecule has 0 unspecified atom stereocenters. The van der Waals surface area contributed by atoms with Crippen LogP contribution in [0.4, 0.5) is 15.8 Å². The fourth-order valence-corrected chi connectivity index (χ4v) is 5.52. The van der Waals surface area contributed by atoms with Crippen LogP contribution in [0.1, 0.15) is 24.4 Å². The number of anilines is 2. The first kappa shape index (κ1) is 27.8. The lowest BCUT2D eigenvalue weighted by Gasteiger charge is -2.33. The Labute approximate surface area is 243 Å². The van der Waals surface area contributed by atoms with Crippen LogP contribution in [0.5, 0.6) is 0 Å². The Morgan fingerprint density at radius 1 is 1.02 bits per heavy atom. The van der Waals surface area contributed by atoms with E-state index in [2.05, 4.69) is 20.5 Å². The van der Waals surface area contributed by atoms with Gasteiger partial charge < -0.3 is 19.7 Å². The summed E-state index contributed by atoms with van der Waals surface area (Å²) in [7, 11) is 0. The van der Waals surface area contributed by atoms with Gasteiger partial charge in [0.1, 0.15) is 23.9 Å². The second-order valence-electron chi connectivity index (χ2n) is 10.5. The lowest BCUT2D eigenvalue weighted by Crippen LogP contribution is -2.46. The molecular weight excluding hydrogens is 539 g/mol. The molecule has 2 aliphatic rings. The molecule has 0 saturated carbocycles. The van der Waals surface area contributed by atoms with Crippen molar-refractivity contribution in [2.45, 2.75) is 31.5 Å². The van der Waals surface area contributed by atoms with Crippen molar-refractivity contribution in [3.63, 3.8) is 0 Å². The third-order valence-corrected chi connectivity index (χ3v) is 7.68. The van der Waals surface area contributed by atoms with Crippen molar-refractivity contribution in [1.29, 1.82) is 0 Å². The Balaban J connectivity index is 1.37. The van der Waals surface area contributed by atoms with Crippen LogP contribution in [0.25, 0.3) is 11.0 Å². The van der Waals surface area contributed by atoms with E-state index in [0.29, 0.717) is 43.0 Å². The number of nitrogens with zero attached hydrogens (tertiary/aromatic N) is 5. The van der Waals surface area contributed by atoms with Gasteiger partial charge in [-0.25, -0.2) is 9.07 Å². The summed E-state index contributed by atoms with van der Waals surface area (Å²) in [6.45, 7) is 3.61. The van der Waals surface area contributed by atoms with Gasteiger partial charge in [0.15, 0.2) is 0 Å². The fraction of sp³-hybridized carbons (Fsp3) is 0.355. The zero-order valence-electron chi connectivity index (χ0n) is 23.2. The number of amides is 2. The van der Waals surface area contributed by atoms with Crippen molar-refractivity contribution < 1.29 is 23.5 Å². The van der Waals surface area contributed by atoms with Crippen LogP contribution in [0.15, 0.2) is 72.8 Å². The molecule has 6 rings (SSSR count). The molecule has 0 spiro atoms. The Bertz CT molecular complexity index is 1530. The van der Waals surface area contributed by atoms with Gasteiger partial charge in [0.25, 0.3) is 0 Å². The minimum atomic E-state index is -1.07. The van der Waals surface area contributed by atoms with E-state index >= 15 is 0 Å². The van der Waals surface area contributed by atoms with Gasteiger partial charge in [-0.2, -0.15) is 0 Å². The maximum Gasteiger partial charge on any atom is 0.249 e. The molecule has 1 aromatic heterocycles. The zero-order valence-corrected chi connectivity index (χ0v) is 23.2. The van der Waals surface area contributed by atoms with E-state index in [1.807, 2.05) is 48.5 Å². The minimum absolute atomic E-state index is 0.0851. The lowest BCUT2D eigenvalue weighted by molar-refractivity contribution is -0.127. The maximum absolute atomic E-state index is 14.6. The number of para-hydroxylation sites is 1. The highest BCUT2D eigenvalue weighted by molar-refractivity contribution is 6.01. The summed E-state index contributed by atoms with van der Waals surface area (Å²) in [4.78, 5) is 31.7. The van der Waals surface area contributed by atoms with E-state index in [0.717, 1.165) is 31.6 Å². The monoisotopic (exact) mass is 572 g/mol. The molecule has 0 bridgehead atoms. The van der Waals surface area contributed by atoms with Crippen LogP contribution in [0, 0.1) is 5.82 Å². The van der Waals surface area contributed by atoms with Gasteiger partial charge in [0, 0.05) is 37.6 Å². The molecule has 3 aromatic carbocycles. The summed E-state index contributed by atoms with van der Waals surface area (Å²) in [6, 6.07) is 19.6. The second kappa shape index (κ2) is 12.7. The molecule has 42 heavy (non-hydrogen) atoms. The van der Waals surface area contributed by atoms with Crippen LogP contribution >= 0.6 is 0 Å². The molecule has 2 saturated heterocycles. The summed E-state index contributed by atoms with van der Waals surface area (Å²) >= 11 is 0. The maximum atomic E-state index is 14.6. The molecule has 3 heterocycles. The summed E-state index contributed by atoms with van der Waals surface area (Å²) in [5.74, 6) is -1.34. The first-order valence-electron chi connectivity index (χ1n) is 14.2. The van der Waals surface area contributed by atoms with E-state index in [-0.39, 0.29) is 24.2 Å². The van der Waals surface area contributed by atoms with E-state index in [1.165, 1.54) is 27.8 Å². The van der Waals surface area contributed by atoms with Gasteiger partial charge in [-0.1, -0.05) is 35.5 Å². The van der Waals surface area contributed by atoms with Gasteiger partial charge in [-0.05, 0) is 60.9 Å². The van der Waals surface area contributed by atoms with Crippen molar-refractivity contribution in [3.8, 4) is 0 Å². The van der Waals surface area contributed by atoms with Crippen molar-refractivity contribution in [2.24, 2.45) is 0 Å². The lowest BCUT2D eigenvalue weighted by atomic mass is 10.0.